The van der Waals surface area contributed by atoms with Crippen LogP contribution in [0.3, 0.4) is 0 Å². The van der Waals surface area contributed by atoms with Gasteiger partial charge in [0.1, 0.15) is 0 Å². The molecule has 0 fully saturated rings. The Bertz CT molecular complexity index is 921. The lowest BCUT2D eigenvalue weighted by atomic mass is 9.68. The maximum Gasteiger partial charge on any atom is 0.0270 e. The van der Waals surface area contributed by atoms with E-state index in [2.05, 4.69) is 106 Å². The van der Waals surface area contributed by atoms with Crippen LogP contribution in [0.4, 0.5) is 0 Å². The molecule has 0 N–H and O–H groups in total. The van der Waals surface area contributed by atoms with Crippen LogP contribution >= 0.6 is 0 Å². The summed E-state index contributed by atoms with van der Waals surface area (Å²) in [5, 5.41) is 0. The van der Waals surface area contributed by atoms with Crippen LogP contribution in [0.1, 0.15) is 95.2 Å². The van der Waals surface area contributed by atoms with Crippen molar-refractivity contribution in [2.75, 3.05) is 0 Å². The second-order valence-electron chi connectivity index (χ2n) is 11.5. The van der Waals surface area contributed by atoms with Crippen molar-refractivity contribution in [3.63, 3.8) is 0 Å². The highest BCUT2D eigenvalue weighted by Gasteiger charge is 2.32. The molecule has 1 aromatic carbocycles. The molecule has 170 valence electrons. The third-order valence-corrected chi connectivity index (χ3v) is 6.55. The van der Waals surface area contributed by atoms with Gasteiger partial charge >= 0.3 is 0 Å². The van der Waals surface area contributed by atoms with Crippen LogP contribution in [0.15, 0.2) is 79.4 Å². The van der Waals surface area contributed by atoms with Crippen LogP contribution in [0, 0.1) is 10.8 Å². The van der Waals surface area contributed by atoms with Crippen molar-refractivity contribution in [1.29, 1.82) is 0 Å². The molecule has 0 aliphatic heterocycles. The average Bonchev–Trinajstić information content (AvgIpc) is 2.76. The van der Waals surface area contributed by atoms with Gasteiger partial charge in [0.15, 0.2) is 0 Å². The van der Waals surface area contributed by atoms with E-state index in [0.29, 0.717) is 17.8 Å². The summed E-state index contributed by atoms with van der Waals surface area (Å²) in [4.78, 5) is 8.58. The van der Waals surface area contributed by atoms with E-state index < -0.39 is 0 Å². The zero-order chi connectivity index (χ0) is 23.2. The van der Waals surface area contributed by atoms with Crippen LogP contribution in [0.25, 0.3) is 0 Å². The van der Waals surface area contributed by atoms with Crippen molar-refractivity contribution >= 4 is 0 Å². The zero-order valence-corrected chi connectivity index (χ0v) is 20.8. The van der Waals surface area contributed by atoms with Gasteiger partial charge in [0, 0.05) is 24.8 Å². The van der Waals surface area contributed by atoms with Crippen molar-refractivity contribution in [2.45, 2.75) is 78.6 Å². The lowest BCUT2D eigenvalue weighted by Crippen LogP contribution is -2.22. The van der Waals surface area contributed by atoms with Crippen molar-refractivity contribution in [3.05, 3.63) is 96.1 Å². The molecule has 0 bridgehead atoms. The van der Waals surface area contributed by atoms with Gasteiger partial charge in [0.05, 0.1) is 0 Å². The molecule has 2 heterocycles. The van der Waals surface area contributed by atoms with Gasteiger partial charge in [-0.15, -0.1) is 0 Å². The minimum Gasteiger partial charge on any atom is -0.265 e. The largest absolute Gasteiger partial charge is 0.265 e. The molecule has 0 spiro atoms. The fourth-order valence-corrected chi connectivity index (χ4v) is 5.02. The quantitative estimate of drug-likeness (QED) is 0.360. The summed E-state index contributed by atoms with van der Waals surface area (Å²) in [5.41, 5.74) is 4.69. The molecule has 2 aromatic heterocycles. The average molecular weight is 429 g/mol. The topological polar surface area (TPSA) is 25.8 Å². The van der Waals surface area contributed by atoms with Crippen LogP contribution in [-0.4, -0.2) is 9.97 Å². The monoisotopic (exact) mass is 428 g/mol. The lowest BCUT2D eigenvalue weighted by Gasteiger charge is -2.36. The Kier molecular flexibility index (Phi) is 7.87. The van der Waals surface area contributed by atoms with Gasteiger partial charge in [-0.3, -0.25) is 9.97 Å². The molecule has 32 heavy (non-hydrogen) atoms. The van der Waals surface area contributed by atoms with Gasteiger partial charge in [-0.05, 0) is 88.8 Å². The third-order valence-electron chi connectivity index (χ3n) is 6.55. The van der Waals surface area contributed by atoms with Crippen molar-refractivity contribution in [3.8, 4) is 0 Å². The molecule has 0 radical (unpaired) electrons. The van der Waals surface area contributed by atoms with Gasteiger partial charge in [0.25, 0.3) is 0 Å². The Balaban J connectivity index is 1.98. The minimum atomic E-state index is 0.183. The molecule has 3 rings (SSSR count). The maximum atomic E-state index is 4.30. The first-order chi connectivity index (χ1) is 15.1. The summed E-state index contributed by atoms with van der Waals surface area (Å²) in [6.45, 7) is 14.2. The molecule has 3 unspecified atom stereocenters. The van der Waals surface area contributed by atoms with Gasteiger partial charge < -0.3 is 0 Å². The number of hydrogen-bond donors (Lipinski definition) is 0. The highest BCUT2D eigenvalue weighted by atomic mass is 14.6. The molecule has 2 heteroatoms. The molecule has 0 saturated heterocycles. The normalized spacial score (nSPS) is 15.2. The Morgan fingerprint density at radius 3 is 1.56 bits per heavy atom. The predicted molar refractivity (Wildman–Crippen MR) is 136 cm³/mol. The summed E-state index contributed by atoms with van der Waals surface area (Å²) in [6, 6.07) is 19.9. The van der Waals surface area contributed by atoms with E-state index in [1.54, 1.807) is 0 Å². The van der Waals surface area contributed by atoms with Crippen LogP contribution in [-0.2, 0) is 0 Å². The standard InChI is InChI=1S/C30H40N2/c1-29(2,3)22-27(24-14-18-32-19-15-24)20-26(23-12-16-31-17-13-23)21-28(30(4,5)6)25-10-8-7-9-11-25/h7-19,26-28H,20-22H2,1-6H3. The predicted octanol–water partition coefficient (Wildman–Crippen LogP) is 8.39. The zero-order valence-electron chi connectivity index (χ0n) is 20.8. The maximum absolute atomic E-state index is 4.30. The number of hydrogen-bond acceptors (Lipinski definition) is 2. The second kappa shape index (κ2) is 10.4. The summed E-state index contributed by atoms with van der Waals surface area (Å²) in [5.74, 6) is 1.44. The highest BCUT2D eigenvalue weighted by molar-refractivity contribution is 5.26. The third kappa shape index (κ3) is 7.02. The van der Waals surface area contributed by atoms with Crippen molar-refractivity contribution in [1.82, 2.24) is 9.97 Å². The summed E-state index contributed by atoms with van der Waals surface area (Å²) in [6.07, 6.45) is 11.2. The summed E-state index contributed by atoms with van der Waals surface area (Å²) < 4.78 is 0. The molecule has 3 aromatic rings. The first kappa shape index (κ1) is 24.2. The molecular formula is C30H40N2. The molecule has 0 amide bonds. The van der Waals surface area contributed by atoms with Crippen molar-refractivity contribution < 1.29 is 0 Å². The van der Waals surface area contributed by atoms with Gasteiger partial charge in [-0.2, -0.15) is 0 Å². The first-order valence-electron chi connectivity index (χ1n) is 12.0. The highest BCUT2D eigenvalue weighted by Crippen LogP contribution is 2.46. The minimum absolute atomic E-state index is 0.183. The van der Waals surface area contributed by atoms with E-state index in [1.807, 2.05) is 24.8 Å². The molecule has 3 atom stereocenters. The lowest BCUT2D eigenvalue weighted by molar-refractivity contribution is 0.268. The van der Waals surface area contributed by atoms with E-state index in [0.717, 1.165) is 19.3 Å². The van der Waals surface area contributed by atoms with E-state index in [-0.39, 0.29) is 10.8 Å². The van der Waals surface area contributed by atoms with Crippen molar-refractivity contribution in [2.24, 2.45) is 10.8 Å². The fraction of sp³-hybridized carbons (Fsp3) is 0.467. The van der Waals surface area contributed by atoms with E-state index in [4.69, 9.17) is 0 Å². The number of rotatable bonds is 8. The molecular weight excluding hydrogens is 388 g/mol. The van der Waals surface area contributed by atoms with Crippen LogP contribution < -0.4 is 0 Å². The van der Waals surface area contributed by atoms with Gasteiger partial charge in [-0.1, -0.05) is 71.9 Å². The van der Waals surface area contributed by atoms with E-state index in [1.165, 1.54) is 16.7 Å². The number of benzene rings is 1. The molecule has 0 aliphatic carbocycles. The number of aromatic nitrogens is 2. The van der Waals surface area contributed by atoms with Crippen LogP contribution in [0.5, 0.6) is 0 Å². The molecule has 2 nitrogen and oxygen atoms in total. The van der Waals surface area contributed by atoms with Crippen LogP contribution in [0.2, 0.25) is 0 Å². The van der Waals surface area contributed by atoms with Gasteiger partial charge in [-0.25, -0.2) is 0 Å². The van der Waals surface area contributed by atoms with Gasteiger partial charge in [0.2, 0.25) is 0 Å². The summed E-state index contributed by atoms with van der Waals surface area (Å²) >= 11 is 0. The van der Waals surface area contributed by atoms with E-state index in [9.17, 15) is 0 Å². The summed E-state index contributed by atoms with van der Waals surface area (Å²) in [7, 11) is 0. The fourth-order valence-electron chi connectivity index (χ4n) is 5.02. The second-order valence-corrected chi connectivity index (χ2v) is 11.5. The number of nitrogens with zero attached hydrogens (tertiary/aromatic N) is 2. The Hall–Kier alpha value is -2.48. The SMILES string of the molecule is CC(C)(C)CC(CC(CC(c1ccccc1)C(C)(C)C)c1ccncc1)c1ccncc1. The number of pyridine rings is 2. The Morgan fingerprint density at radius 1 is 0.594 bits per heavy atom. The Labute approximate surface area is 195 Å². The molecule has 0 saturated carbocycles. The van der Waals surface area contributed by atoms with E-state index >= 15 is 0 Å². The molecule has 0 aliphatic rings. The smallest absolute Gasteiger partial charge is 0.0270 e. The first-order valence-corrected chi connectivity index (χ1v) is 12.0. The Morgan fingerprint density at radius 2 is 1.09 bits per heavy atom.